The average Bonchev–Trinajstić information content (AvgIpc) is 3.85. The summed E-state index contributed by atoms with van der Waals surface area (Å²) in [5.74, 6) is 0.945. The molecule has 0 saturated heterocycles. The van der Waals surface area contributed by atoms with E-state index < -0.39 is 0 Å². The minimum Gasteiger partial charge on any atom is 0 e. The molecular weight excluding hydrogens is 1100 g/mol. The van der Waals surface area contributed by atoms with Gasteiger partial charge in [-0.2, -0.15) is 0 Å². The van der Waals surface area contributed by atoms with Crippen molar-refractivity contribution in [2.24, 2.45) is 5.41 Å². The van der Waals surface area contributed by atoms with Crippen LogP contribution >= 0.6 is 0 Å². The number of benzene rings is 6. The van der Waals surface area contributed by atoms with Gasteiger partial charge in [0.25, 0.3) is 0 Å². The first-order valence-electron chi connectivity index (χ1n) is 24.5. The number of hydrogen-bond donors (Lipinski definition) is 1. The maximum Gasteiger partial charge on any atom is 0 e. The van der Waals surface area contributed by atoms with Gasteiger partial charge in [-0.1, -0.05) is 98.7 Å². The van der Waals surface area contributed by atoms with E-state index in [0.29, 0.717) is 11.4 Å². The maximum absolute atomic E-state index is 12.6. The van der Waals surface area contributed by atoms with Crippen LogP contribution in [0.15, 0.2) is 109 Å². The van der Waals surface area contributed by atoms with Gasteiger partial charge in [0.05, 0.1) is 0 Å². The number of aromatic nitrogens is 4. The summed E-state index contributed by atoms with van der Waals surface area (Å²) >= 11 is 0.0210. The number of phenolic OH excluding ortho intramolecular Hbond substituents is 1. The van der Waals surface area contributed by atoms with Gasteiger partial charge < -0.3 is 0 Å². The third-order valence-corrected chi connectivity index (χ3v) is 16.5. The number of aryl methyl sites for hydroxylation is 1. The van der Waals surface area contributed by atoms with Crippen LogP contribution in [0.4, 0.5) is 0 Å². The summed E-state index contributed by atoms with van der Waals surface area (Å²) in [6.45, 7) is 36.1. The molecule has 9 rings (SSSR count). The SMILES string of the molecule is Cc1c(CC(C)(C)C)ccc2c1[se]c1c(-c3[c-]c(-c4cccc5c4nc(-c4cc(C(C)(C)C)cc(C(C)(C)C)c4O)n5-c4ccc(C(C)(C)C)cc4-c4ccccc4)cc(C(C)(C)C)c3)ncnc12.[Pt]. The minimum absolute atomic E-state index is 0. The Morgan fingerprint density at radius 1 is 0.586 bits per heavy atom. The Balaban J connectivity index is 0.00000659. The molecule has 0 radical (unpaired) electrons. The van der Waals surface area contributed by atoms with Crippen molar-refractivity contribution in [3.63, 3.8) is 0 Å². The Hall–Kier alpha value is -5.12. The molecule has 0 atom stereocenters. The molecule has 0 amide bonds. The predicted octanol–water partition coefficient (Wildman–Crippen LogP) is 16.4. The molecule has 0 aliphatic rings. The first-order valence-corrected chi connectivity index (χ1v) is 26.2. The number of imidazole rings is 1. The van der Waals surface area contributed by atoms with Crippen molar-refractivity contribution in [1.82, 2.24) is 19.5 Å². The zero-order valence-electron chi connectivity index (χ0n) is 44.1. The van der Waals surface area contributed by atoms with Crippen LogP contribution in [0.25, 0.3) is 81.0 Å². The van der Waals surface area contributed by atoms with Crippen LogP contribution in [0.2, 0.25) is 0 Å². The first kappa shape index (κ1) is 51.2. The van der Waals surface area contributed by atoms with E-state index in [2.05, 4.69) is 225 Å². The third-order valence-electron chi connectivity index (χ3n) is 13.7. The molecular formula is C63H69N4OPtSe-. The summed E-state index contributed by atoms with van der Waals surface area (Å²) < 4.78 is 4.92. The second kappa shape index (κ2) is 18.2. The van der Waals surface area contributed by atoms with Gasteiger partial charge in [0, 0.05) is 21.1 Å². The van der Waals surface area contributed by atoms with E-state index in [4.69, 9.17) is 15.0 Å². The first-order chi connectivity index (χ1) is 32.2. The van der Waals surface area contributed by atoms with E-state index in [1.54, 1.807) is 6.33 Å². The Bertz CT molecular complexity index is 3450. The fourth-order valence-electron chi connectivity index (χ4n) is 9.64. The predicted molar refractivity (Wildman–Crippen MR) is 294 cm³/mol. The Morgan fingerprint density at radius 2 is 1.23 bits per heavy atom. The Labute approximate surface area is 437 Å². The zero-order valence-corrected chi connectivity index (χ0v) is 48.0. The number of para-hydroxylation sites is 1. The van der Waals surface area contributed by atoms with E-state index in [-0.39, 0.29) is 68.4 Å². The smallest absolute Gasteiger partial charge is 0 e. The van der Waals surface area contributed by atoms with Gasteiger partial charge in [-0.05, 0) is 21.8 Å². The summed E-state index contributed by atoms with van der Waals surface area (Å²) in [7, 11) is 0. The second-order valence-corrected chi connectivity index (χ2v) is 26.8. The third kappa shape index (κ3) is 9.66. The fourth-order valence-corrected chi connectivity index (χ4v) is 12.3. The molecule has 3 aromatic heterocycles. The summed E-state index contributed by atoms with van der Waals surface area (Å²) in [6.07, 6.45) is 2.77. The molecule has 0 aliphatic heterocycles. The van der Waals surface area contributed by atoms with Crippen LogP contribution in [0.3, 0.4) is 0 Å². The van der Waals surface area contributed by atoms with Gasteiger partial charge in [0.15, 0.2) is 0 Å². The molecule has 0 spiro atoms. The molecule has 0 bridgehead atoms. The molecule has 364 valence electrons. The molecule has 5 nitrogen and oxygen atoms in total. The van der Waals surface area contributed by atoms with Crippen molar-refractivity contribution < 1.29 is 26.2 Å². The molecule has 3 heterocycles. The maximum atomic E-state index is 12.6. The van der Waals surface area contributed by atoms with Crippen LogP contribution in [0, 0.1) is 18.4 Å². The number of phenols is 1. The van der Waals surface area contributed by atoms with E-state index in [1.165, 1.54) is 36.2 Å². The van der Waals surface area contributed by atoms with Crippen LogP contribution in [-0.2, 0) is 49.1 Å². The fraction of sp³-hybridized carbons (Fsp3) is 0.349. The van der Waals surface area contributed by atoms with Gasteiger partial charge in [-0.3, -0.25) is 0 Å². The van der Waals surface area contributed by atoms with Crippen molar-refractivity contribution in [2.45, 2.75) is 139 Å². The largest absolute Gasteiger partial charge is 0 e. The molecule has 0 aliphatic carbocycles. The minimum atomic E-state index is -0.332. The topological polar surface area (TPSA) is 63.8 Å². The number of aromatic hydroxyl groups is 1. The van der Waals surface area contributed by atoms with Crippen molar-refractivity contribution in [1.29, 1.82) is 0 Å². The molecule has 0 unspecified atom stereocenters. The normalized spacial score (nSPS) is 12.9. The summed E-state index contributed by atoms with van der Waals surface area (Å²) in [5, 5.41) is 13.9. The van der Waals surface area contributed by atoms with Gasteiger partial charge in [-0.25, -0.2) is 0 Å². The molecule has 1 N–H and O–H groups in total. The van der Waals surface area contributed by atoms with Gasteiger partial charge in [0.1, 0.15) is 0 Å². The Kier molecular flexibility index (Phi) is 13.3. The van der Waals surface area contributed by atoms with Crippen LogP contribution in [0.1, 0.15) is 137 Å². The summed E-state index contributed by atoms with van der Waals surface area (Å²) in [4.78, 5) is 15.8. The second-order valence-electron chi connectivity index (χ2n) is 24.6. The van der Waals surface area contributed by atoms with Gasteiger partial charge in [0.2, 0.25) is 0 Å². The van der Waals surface area contributed by atoms with Crippen LogP contribution in [0.5, 0.6) is 5.75 Å². The monoisotopic (exact) mass is 1170 g/mol. The van der Waals surface area contributed by atoms with Crippen molar-refractivity contribution in [2.75, 3.05) is 0 Å². The van der Waals surface area contributed by atoms with Crippen molar-refractivity contribution in [3.05, 3.63) is 149 Å². The molecule has 7 heteroatoms. The van der Waals surface area contributed by atoms with Crippen LogP contribution < -0.4 is 0 Å². The number of nitrogens with zero attached hydrogens (tertiary/aromatic N) is 4. The van der Waals surface area contributed by atoms with Gasteiger partial charge in [-0.15, -0.1) is 0 Å². The standard InChI is InChI=1S/C63H69N4OSe.Pt/c1-37-39(35-59(2,3)4)25-27-46-54-57(69-56(37)46)52(64-36-65-54)41-29-40(30-43(31-41)61(8,9)10)45-23-20-24-51-53(45)66-58(48-33-44(62(11,12)13)34-49(55(48)68)63(14,15)16)67(51)50-28-26-42(60(5,6)7)32-47(50)38-21-18-17-19-22-38;/h17-28,30-34,36,68H,35H2,1-16H3;/q-1;. The molecule has 6 aromatic carbocycles. The summed E-state index contributed by atoms with van der Waals surface area (Å²) in [6, 6.07) is 41.5. The zero-order chi connectivity index (χ0) is 49.7. The molecule has 0 fully saturated rings. The van der Waals surface area contributed by atoms with E-state index in [0.717, 1.165) is 73.3 Å². The average molecular weight is 1170 g/mol. The van der Waals surface area contributed by atoms with Crippen molar-refractivity contribution in [3.8, 4) is 56.3 Å². The quantitative estimate of drug-likeness (QED) is 0.133. The molecule has 70 heavy (non-hydrogen) atoms. The van der Waals surface area contributed by atoms with E-state index >= 15 is 0 Å². The molecule has 9 aromatic rings. The van der Waals surface area contributed by atoms with E-state index in [1.807, 2.05) is 0 Å². The number of rotatable bonds is 6. The molecule has 0 saturated carbocycles. The van der Waals surface area contributed by atoms with Crippen molar-refractivity contribution >= 4 is 45.0 Å². The number of fused-ring (bicyclic) bond motifs is 4. The number of hydrogen-bond acceptors (Lipinski definition) is 4. The summed E-state index contributed by atoms with van der Waals surface area (Å²) in [5.41, 5.74) is 17.2. The van der Waals surface area contributed by atoms with Gasteiger partial charge >= 0.3 is 299 Å². The van der Waals surface area contributed by atoms with Crippen LogP contribution in [-0.4, -0.2) is 39.1 Å². The van der Waals surface area contributed by atoms with E-state index in [9.17, 15) is 5.11 Å². The Morgan fingerprint density at radius 3 is 1.87 bits per heavy atom.